The summed E-state index contributed by atoms with van der Waals surface area (Å²) in [7, 11) is -4.01. The Labute approximate surface area is 175 Å². The molecule has 0 saturated heterocycles. The molecular formula is C20H17F4N3O3S. The number of carbonyl (C=O) groups excluding carboxylic acids is 1. The minimum Gasteiger partial charge on any atom is -0.334 e. The number of pyridine rings is 1. The lowest BCUT2D eigenvalue weighted by atomic mass is 10.1. The minimum atomic E-state index is -4.65. The van der Waals surface area contributed by atoms with Crippen LogP contribution in [0.5, 0.6) is 0 Å². The quantitative estimate of drug-likeness (QED) is 0.525. The zero-order valence-corrected chi connectivity index (χ0v) is 16.9. The van der Waals surface area contributed by atoms with E-state index >= 15 is 0 Å². The van der Waals surface area contributed by atoms with Gasteiger partial charge in [-0.1, -0.05) is 12.1 Å². The van der Waals surface area contributed by atoms with Gasteiger partial charge in [-0.05, 0) is 41.0 Å². The van der Waals surface area contributed by atoms with Crippen molar-refractivity contribution >= 4 is 15.9 Å². The standard InChI is InChI=1S/C20H17F4N3O3S/c21-16-3-1-13(2-4-16)7-19(28)26-9-14-11-27(12-15(14)10-26)31(29,30)17-5-6-18(25-8-17)20(22,23)24/h1-6,8H,7,9-12H2. The van der Waals surface area contributed by atoms with Crippen molar-refractivity contribution in [2.24, 2.45) is 0 Å². The summed E-state index contributed by atoms with van der Waals surface area (Å²) in [5.41, 5.74) is 1.12. The van der Waals surface area contributed by atoms with E-state index in [0.29, 0.717) is 17.8 Å². The van der Waals surface area contributed by atoms with Crippen molar-refractivity contribution in [1.29, 1.82) is 0 Å². The Bertz CT molecular complexity index is 1130. The summed E-state index contributed by atoms with van der Waals surface area (Å²) in [5.74, 6) is -0.537. The van der Waals surface area contributed by atoms with E-state index < -0.39 is 21.9 Å². The lowest BCUT2D eigenvalue weighted by molar-refractivity contribution is -0.141. The highest BCUT2D eigenvalue weighted by atomic mass is 32.2. The summed E-state index contributed by atoms with van der Waals surface area (Å²) in [6.45, 7) is 0.706. The highest BCUT2D eigenvalue weighted by Gasteiger charge is 2.38. The van der Waals surface area contributed by atoms with Gasteiger partial charge in [0.1, 0.15) is 16.4 Å². The first-order chi connectivity index (χ1) is 14.5. The Hall–Kier alpha value is -2.79. The third-order valence-corrected chi connectivity index (χ3v) is 7.06. The van der Waals surface area contributed by atoms with Gasteiger partial charge in [-0.15, -0.1) is 0 Å². The van der Waals surface area contributed by atoms with Gasteiger partial charge in [0.15, 0.2) is 0 Å². The summed E-state index contributed by atoms with van der Waals surface area (Å²) in [6, 6.07) is 7.17. The van der Waals surface area contributed by atoms with Crippen LogP contribution in [-0.4, -0.2) is 54.7 Å². The van der Waals surface area contributed by atoms with E-state index in [-0.39, 0.29) is 49.2 Å². The second-order valence-corrected chi connectivity index (χ2v) is 9.35. The summed E-state index contributed by atoms with van der Waals surface area (Å²) < 4.78 is 77.7. The monoisotopic (exact) mass is 455 g/mol. The molecule has 0 aliphatic carbocycles. The zero-order chi connectivity index (χ0) is 22.4. The normalized spacial score (nSPS) is 17.4. The summed E-state index contributed by atoms with van der Waals surface area (Å²) in [4.78, 5) is 17.0. The molecule has 0 spiro atoms. The second-order valence-electron chi connectivity index (χ2n) is 7.41. The smallest absolute Gasteiger partial charge is 0.334 e. The first kappa shape index (κ1) is 21.4. The van der Waals surface area contributed by atoms with E-state index in [0.717, 1.165) is 17.2 Å². The molecule has 164 valence electrons. The van der Waals surface area contributed by atoms with Gasteiger partial charge in [0.05, 0.1) is 6.42 Å². The van der Waals surface area contributed by atoms with Crippen LogP contribution in [0.25, 0.3) is 0 Å². The predicted molar refractivity (Wildman–Crippen MR) is 102 cm³/mol. The first-order valence-electron chi connectivity index (χ1n) is 9.29. The van der Waals surface area contributed by atoms with Gasteiger partial charge in [-0.2, -0.15) is 17.5 Å². The molecule has 0 fully saturated rings. The number of carbonyl (C=O) groups is 1. The van der Waals surface area contributed by atoms with Crippen LogP contribution in [0.2, 0.25) is 0 Å². The molecule has 11 heteroatoms. The van der Waals surface area contributed by atoms with Crippen LogP contribution in [0.4, 0.5) is 17.6 Å². The molecule has 1 amide bonds. The number of amides is 1. The molecule has 2 aliphatic rings. The molecule has 1 aromatic heterocycles. The summed E-state index contributed by atoms with van der Waals surface area (Å²) in [6.07, 6.45) is -3.83. The van der Waals surface area contributed by atoms with Crippen LogP contribution in [0.15, 0.2) is 58.6 Å². The maximum atomic E-state index is 13.0. The SMILES string of the molecule is O=C(Cc1ccc(F)cc1)N1CC2=C(C1)CN(S(=O)(=O)c1ccc(C(F)(F)F)nc1)C2. The fourth-order valence-electron chi connectivity index (χ4n) is 3.63. The van der Waals surface area contributed by atoms with Gasteiger partial charge in [0.25, 0.3) is 0 Å². The van der Waals surface area contributed by atoms with Gasteiger partial charge >= 0.3 is 6.18 Å². The van der Waals surface area contributed by atoms with Crippen molar-refractivity contribution in [2.75, 3.05) is 26.2 Å². The van der Waals surface area contributed by atoms with Crippen molar-refractivity contribution in [3.05, 3.63) is 70.8 Å². The third kappa shape index (κ3) is 4.33. The predicted octanol–water partition coefficient (Wildman–Crippen LogP) is 2.63. The van der Waals surface area contributed by atoms with Gasteiger partial charge in [-0.3, -0.25) is 9.78 Å². The molecule has 2 aromatic rings. The van der Waals surface area contributed by atoms with E-state index in [1.807, 2.05) is 0 Å². The average molecular weight is 455 g/mol. The molecule has 0 unspecified atom stereocenters. The maximum Gasteiger partial charge on any atom is 0.433 e. The number of hydrogen-bond donors (Lipinski definition) is 0. The highest BCUT2D eigenvalue weighted by molar-refractivity contribution is 7.89. The van der Waals surface area contributed by atoms with Gasteiger partial charge < -0.3 is 4.90 Å². The molecule has 2 aliphatic heterocycles. The van der Waals surface area contributed by atoms with Crippen LogP contribution in [0, 0.1) is 5.82 Å². The average Bonchev–Trinajstić information content (AvgIpc) is 3.29. The van der Waals surface area contributed by atoms with Crippen LogP contribution in [0.3, 0.4) is 0 Å². The van der Waals surface area contributed by atoms with Gasteiger partial charge in [-0.25, -0.2) is 12.8 Å². The summed E-state index contributed by atoms with van der Waals surface area (Å²) >= 11 is 0. The molecule has 6 nitrogen and oxygen atoms in total. The molecule has 0 radical (unpaired) electrons. The zero-order valence-electron chi connectivity index (χ0n) is 16.1. The molecule has 4 rings (SSSR count). The van der Waals surface area contributed by atoms with Crippen molar-refractivity contribution in [3.8, 4) is 0 Å². The highest BCUT2D eigenvalue weighted by Crippen LogP contribution is 2.31. The Morgan fingerprint density at radius 3 is 2.10 bits per heavy atom. The number of rotatable bonds is 4. The van der Waals surface area contributed by atoms with Crippen molar-refractivity contribution in [1.82, 2.24) is 14.2 Å². The summed E-state index contributed by atoms with van der Waals surface area (Å²) in [5, 5.41) is 0. The largest absolute Gasteiger partial charge is 0.433 e. The maximum absolute atomic E-state index is 13.0. The molecule has 0 atom stereocenters. The minimum absolute atomic E-state index is 0.0685. The number of nitrogens with zero attached hydrogens (tertiary/aromatic N) is 3. The topological polar surface area (TPSA) is 70.6 Å². The van der Waals surface area contributed by atoms with Crippen LogP contribution >= 0.6 is 0 Å². The van der Waals surface area contributed by atoms with E-state index in [2.05, 4.69) is 4.98 Å². The molecule has 31 heavy (non-hydrogen) atoms. The molecule has 0 saturated carbocycles. The molecule has 1 aromatic carbocycles. The number of sulfonamides is 1. The van der Waals surface area contributed by atoms with E-state index in [4.69, 9.17) is 0 Å². The number of hydrogen-bond acceptors (Lipinski definition) is 4. The van der Waals surface area contributed by atoms with Gasteiger partial charge in [0, 0.05) is 32.4 Å². The lowest BCUT2D eigenvalue weighted by Gasteiger charge is -2.23. The Morgan fingerprint density at radius 2 is 1.58 bits per heavy atom. The number of aromatic nitrogens is 1. The van der Waals surface area contributed by atoms with E-state index in [1.54, 1.807) is 4.90 Å². The van der Waals surface area contributed by atoms with Gasteiger partial charge in [0.2, 0.25) is 15.9 Å². The Morgan fingerprint density at radius 1 is 0.968 bits per heavy atom. The van der Waals surface area contributed by atoms with Crippen molar-refractivity contribution in [2.45, 2.75) is 17.5 Å². The molecule has 3 heterocycles. The van der Waals surface area contributed by atoms with Crippen molar-refractivity contribution < 1.29 is 30.8 Å². The number of benzene rings is 1. The molecule has 0 N–H and O–H groups in total. The van der Waals surface area contributed by atoms with E-state index in [9.17, 15) is 30.8 Å². The third-order valence-electron chi connectivity index (χ3n) is 5.28. The molecular weight excluding hydrogens is 438 g/mol. The van der Waals surface area contributed by atoms with Crippen LogP contribution < -0.4 is 0 Å². The van der Waals surface area contributed by atoms with E-state index in [1.165, 1.54) is 28.6 Å². The number of halogens is 4. The van der Waals surface area contributed by atoms with Crippen LogP contribution in [0.1, 0.15) is 11.3 Å². The number of alkyl halides is 3. The fourth-order valence-corrected chi connectivity index (χ4v) is 5.01. The molecule has 0 bridgehead atoms. The second kappa shape index (κ2) is 7.72. The lowest BCUT2D eigenvalue weighted by Crippen LogP contribution is -2.37. The van der Waals surface area contributed by atoms with Crippen molar-refractivity contribution in [3.63, 3.8) is 0 Å². The Kier molecular flexibility index (Phi) is 5.34. The van der Waals surface area contributed by atoms with Crippen LogP contribution in [-0.2, 0) is 27.4 Å². The Balaban J connectivity index is 1.38. The fraction of sp³-hybridized carbons (Fsp3) is 0.300. The first-order valence-corrected chi connectivity index (χ1v) is 10.7.